The molecular formula is C17H20O4. The number of carboxylic acids is 1. The highest BCUT2D eigenvalue weighted by atomic mass is 16.5. The standard InChI is InChI=1S/C17H20O4/c1-11-5-6-14-12(8-11)9-13(21-14)10-17(16(19)20)7-3-2-4-15(17)18/h5-6,8,13H,2-4,7,9-10H2,1H3,(H,19,20). The molecule has 4 nitrogen and oxygen atoms in total. The lowest BCUT2D eigenvalue weighted by Gasteiger charge is -2.33. The van der Waals surface area contributed by atoms with Gasteiger partial charge in [0.1, 0.15) is 23.1 Å². The molecule has 0 amide bonds. The molecule has 2 aliphatic rings. The fourth-order valence-electron chi connectivity index (χ4n) is 3.57. The van der Waals surface area contributed by atoms with Gasteiger partial charge in [-0.05, 0) is 31.4 Å². The first-order valence-electron chi connectivity index (χ1n) is 7.54. The second-order valence-electron chi connectivity index (χ2n) is 6.28. The van der Waals surface area contributed by atoms with Gasteiger partial charge in [-0.3, -0.25) is 9.59 Å². The van der Waals surface area contributed by atoms with Crippen LogP contribution < -0.4 is 4.74 Å². The lowest BCUT2D eigenvalue weighted by Crippen LogP contribution is -2.44. The molecule has 4 heteroatoms. The zero-order chi connectivity index (χ0) is 15.0. The minimum atomic E-state index is -1.24. The van der Waals surface area contributed by atoms with Crippen LogP contribution >= 0.6 is 0 Å². The molecule has 112 valence electrons. The SMILES string of the molecule is Cc1ccc2c(c1)CC(CC1(C(=O)O)CCCCC1=O)O2. The number of hydrogen-bond donors (Lipinski definition) is 1. The lowest BCUT2D eigenvalue weighted by molar-refractivity contribution is -0.159. The van der Waals surface area contributed by atoms with Crippen molar-refractivity contribution in [1.29, 1.82) is 0 Å². The second kappa shape index (κ2) is 5.17. The van der Waals surface area contributed by atoms with Crippen LogP contribution in [0.4, 0.5) is 0 Å². The van der Waals surface area contributed by atoms with Gasteiger partial charge in [0.2, 0.25) is 0 Å². The zero-order valence-corrected chi connectivity index (χ0v) is 12.2. The van der Waals surface area contributed by atoms with Gasteiger partial charge in [0.05, 0.1) is 0 Å². The molecule has 1 fully saturated rings. The van der Waals surface area contributed by atoms with Crippen LogP contribution in [0.25, 0.3) is 0 Å². The summed E-state index contributed by atoms with van der Waals surface area (Å²) in [7, 11) is 0. The predicted molar refractivity (Wildman–Crippen MR) is 77.5 cm³/mol. The van der Waals surface area contributed by atoms with Crippen molar-refractivity contribution in [3.05, 3.63) is 29.3 Å². The fraction of sp³-hybridized carbons (Fsp3) is 0.529. The van der Waals surface area contributed by atoms with E-state index in [1.165, 1.54) is 5.56 Å². The maximum Gasteiger partial charge on any atom is 0.317 e. The van der Waals surface area contributed by atoms with Gasteiger partial charge in [0.25, 0.3) is 0 Å². The monoisotopic (exact) mass is 288 g/mol. The summed E-state index contributed by atoms with van der Waals surface area (Å²) in [5.74, 6) is -0.283. The molecular weight excluding hydrogens is 268 g/mol. The van der Waals surface area contributed by atoms with Crippen LogP contribution in [0, 0.1) is 12.3 Å². The summed E-state index contributed by atoms with van der Waals surface area (Å²) in [6.07, 6.45) is 3.20. The normalized spacial score (nSPS) is 28.0. The van der Waals surface area contributed by atoms with Gasteiger partial charge in [-0.1, -0.05) is 24.1 Å². The highest BCUT2D eigenvalue weighted by Crippen LogP contribution is 2.41. The van der Waals surface area contributed by atoms with Gasteiger partial charge in [-0.2, -0.15) is 0 Å². The third-order valence-electron chi connectivity index (χ3n) is 4.73. The largest absolute Gasteiger partial charge is 0.490 e. The molecule has 0 radical (unpaired) electrons. The Bertz CT molecular complexity index is 592. The van der Waals surface area contributed by atoms with Crippen molar-refractivity contribution >= 4 is 11.8 Å². The van der Waals surface area contributed by atoms with Crippen LogP contribution in [0.3, 0.4) is 0 Å². The Morgan fingerprint density at radius 3 is 2.95 bits per heavy atom. The number of benzene rings is 1. The van der Waals surface area contributed by atoms with E-state index < -0.39 is 11.4 Å². The smallest absolute Gasteiger partial charge is 0.317 e. The van der Waals surface area contributed by atoms with E-state index in [0.717, 1.165) is 24.2 Å². The molecule has 3 rings (SSSR count). The van der Waals surface area contributed by atoms with Crippen LogP contribution in [0.1, 0.15) is 43.2 Å². The highest BCUT2D eigenvalue weighted by Gasteiger charge is 2.49. The van der Waals surface area contributed by atoms with E-state index in [4.69, 9.17) is 4.74 Å². The molecule has 1 aromatic carbocycles. The van der Waals surface area contributed by atoms with Gasteiger partial charge < -0.3 is 9.84 Å². The molecule has 1 aromatic rings. The quantitative estimate of drug-likeness (QED) is 0.869. The number of ether oxygens (including phenoxy) is 1. The Labute approximate surface area is 124 Å². The van der Waals surface area contributed by atoms with Crippen molar-refractivity contribution in [1.82, 2.24) is 0 Å². The Morgan fingerprint density at radius 2 is 2.24 bits per heavy atom. The lowest BCUT2D eigenvalue weighted by atomic mass is 9.69. The number of aryl methyl sites for hydroxylation is 1. The third-order valence-corrected chi connectivity index (χ3v) is 4.73. The summed E-state index contributed by atoms with van der Waals surface area (Å²) in [5, 5.41) is 9.60. The summed E-state index contributed by atoms with van der Waals surface area (Å²) < 4.78 is 5.87. The third kappa shape index (κ3) is 2.43. The first-order chi connectivity index (χ1) is 10.0. The molecule has 1 N–H and O–H groups in total. The van der Waals surface area contributed by atoms with E-state index in [1.54, 1.807) is 0 Å². The molecule has 1 heterocycles. The van der Waals surface area contributed by atoms with Gasteiger partial charge in [-0.15, -0.1) is 0 Å². The maximum atomic E-state index is 12.2. The van der Waals surface area contributed by atoms with Crippen LogP contribution in [-0.4, -0.2) is 23.0 Å². The molecule has 1 aliphatic heterocycles. The van der Waals surface area contributed by atoms with E-state index in [2.05, 4.69) is 6.07 Å². The van der Waals surface area contributed by atoms with Gasteiger partial charge in [-0.25, -0.2) is 0 Å². The van der Waals surface area contributed by atoms with E-state index in [9.17, 15) is 14.7 Å². The van der Waals surface area contributed by atoms with Crippen molar-refractivity contribution in [2.24, 2.45) is 5.41 Å². The van der Waals surface area contributed by atoms with Crippen LogP contribution in [-0.2, 0) is 16.0 Å². The Balaban J connectivity index is 1.80. The topological polar surface area (TPSA) is 63.6 Å². The molecule has 21 heavy (non-hydrogen) atoms. The van der Waals surface area contributed by atoms with Crippen molar-refractivity contribution in [2.45, 2.75) is 51.6 Å². The molecule has 0 spiro atoms. The van der Waals surface area contributed by atoms with E-state index >= 15 is 0 Å². The number of rotatable bonds is 3. The van der Waals surface area contributed by atoms with Crippen molar-refractivity contribution in [3.8, 4) is 5.75 Å². The molecule has 2 unspecified atom stereocenters. The molecule has 0 bridgehead atoms. The first-order valence-corrected chi connectivity index (χ1v) is 7.54. The van der Waals surface area contributed by atoms with Crippen molar-refractivity contribution in [2.75, 3.05) is 0 Å². The summed E-state index contributed by atoms with van der Waals surface area (Å²) >= 11 is 0. The number of hydrogen-bond acceptors (Lipinski definition) is 3. The summed E-state index contributed by atoms with van der Waals surface area (Å²) in [5.41, 5.74) is 1.04. The maximum absolute atomic E-state index is 12.2. The number of carbonyl (C=O) groups excluding carboxylic acids is 1. The molecule has 1 aliphatic carbocycles. The van der Waals surface area contributed by atoms with Crippen molar-refractivity contribution < 1.29 is 19.4 Å². The number of carbonyl (C=O) groups is 2. The van der Waals surface area contributed by atoms with Crippen LogP contribution in [0.5, 0.6) is 5.75 Å². The molecule has 0 saturated heterocycles. The van der Waals surface area contributed by atoms with Crippen LogP contribution in [0.15, 0.2) is 18.2 Å². The first kappa shape index (κ1) is 14.1. The minimum Gasteiger partial charge on any atom is -0.490 e. The average Bonchev–Trinajstić information content (AvgIpc) is 2.82. The van der Waals surface area contributed by atoms with Gasteiger partial charge >= 0.3 is 5.97 Å². The molecule has 0 aromatic heterocycles. The number of aliphatic carboxylic acids is 1. The van der Waals surface area contributed by atoms with E-state index in [-0.39, 0.29) is 18.3 Å². The molecule has 2 atom stereocenters. The Kier molecular flexibility index (Phi) is 3.47. The predicted octanol–water partition coefficient (Wildman–Crippen LogP) is 2.90. The van der Waals surface area contributed by atoms with E-state index in [1.807, 2.05) is 19.1 Å². The minimum absolute atomic E-state index is 0.128. The van der Waals surface area contributed by atoms with Gasteiger partial charge in [0, 0.05) is 19.3 Å². The Morgan fingerprint density at radius 1 is 1.43 bits per heavy atom. The summed E-state index contributed by atoms with van der Waals surface area (Å²) in [6, 6.07) is 5.99. The number of fused-ring (bicyclic) bond motifs is 1. The zero-order valence-electron chi connectivity index (χ0n) is 12.2. The highest BCUT2D eigenvalue weighted by molar-refractivity contribution is 6.03. The molecule has 1 saturated carbocycles. The number of ketones is 1. The summed E-state index contributed by atoms with van der Waals surface area (Å²) in [6.45, 7) is 2.02. The summed E-state index contributed by atoms with van der Waals surface area (Å²) in [4.78, 5) is 24.0. The number of carboxylic acid groups (broad SMARTS) is 1. The Hall–Kier alpha value is -1.84. The average molecular weight is 288 g/mol. The van der Waals surface area contributed by atoms with Crippen molar-refractivity contribution in [3.63, 3.8) is 0 Å². The van der Waals surface area contributed by atoms with Crippen LogP contribution in [0.2, 0.25) is 0 Å². The van der Waals surface area contributed by atoms with Gasteiger partial charge in [0.15, 0.2) is 0 Å². The van der Waals surface area contributed by atoms with E-state index in [0.29, 0.717) is 19.3 Å². The second-order valence-corrected chi connectivity index (χ2v) is 6.28. The number of Topliss-reactive ketones (excluding diaryl/α,β-unsaturated/α-hetero) is 1. The fourth-order valence-corrected chi connectivity index (χ4v) is 3.57.